The molecule has 0 aliphatic carbocycles. The fourth-order valence-corrected chi connectivity index (χ4v) is 3.48. The van der Waals surface area contributed by atoms with Crippen LogP contribution in [0.25, 0.3) is 0 Å². The van der Waals surface area contributed by atoms with Gasteiger partial charge in [0.05, 0.1) is 6.61 Å². The number of aliphatic carboxylic acids is 2. The van der Waals surface area contributed by atoms with Gasteiger partial charge in [0, 0.05) is 14.0 Å². The first-order chi connectivity index (χ1) is 14.0. The minimum Gasteiger partial charge on any atom is -0.479 e. The lowest BCUT2D eigenvalue weighted by atomic mass is 9.96. The van der Waals surface area contributed by atoms with Crippen molar-refractivity contribution in [1.29, 1.82) is 0 Å². The third kappa shape index (κ3) is 4.03. The van der Waals surface area contributed by atoms with Gasteiger partial charge in [-0.2, -0.15) is 0 Å². The number of aliphatic hydroxyl groups excluding tert-OH is 4. The summed E-state index contributed by atoms with van der Waals surface area (Å²) in [7, 11) is 1.14. The van der Waals surface area contributed by atoms with E-state index in [1.165, 1.54) is 0 Å². The molecule has 3 aliphatic heterocycles. The van der Waals surface area contributed by atoms with Gasteiger partial charge in [-0.15, -0.1) is 0 Å². The van der Waals surface area contributed by atoms with Gasteiger partial charge in [-0.1, -0.05) is 0 Å². The second kappa shape index (κ2) is 8.58. The molecule has 0 amide bonds. The molecule has 5 unspecified atom stereocenters. The van der Waals surface area contributed by atoms with Crippen LogP contribution in [0.15, 0.2) is 0 Å². The lowest BCUT2D eigenvalue weighted by molar-refractivity contribution is -0.393. The molecule has 3 heterocycles. The van der Waals surface area contributed by atoms with Crippen molar-refractivity contribution in [1.82, 2.24) is 0 Å². The number of carbonyl (C=O) groups is 2. The average molecular weight is 440 g/mol. The van der Waals surface area contributed by atoms with Crippen molar-refractivity contribution in [2.75, 3.05) is 13.7 Å². The first-order valence-corrected chi connectivity index (χ1v) is 8.99. The van der Waals surface area contributed by atoms with Gasteiger partial charge in [0.2, 0.25) is 0 Å². The third-order valence-electron chi connectivity index (χ3n) is 5.22. The van der Waals surface area contributed by atoms with Crippen LogP contribution in [0, 0.1) is 0 Å². The van der Waals surface area contributed by atoms with Crippen LogP contribution in [-0.4, -0.2) is 123 Å². The summed E-state index contributed by atoms with van der Waals surface area (Å²) in [5.41, 5.74) is 0. The van der Waals surface area contributed by atoms with E-state index in [-0.39, 0.29) is 6.61 Å². The van der Waals surface area contributed by atoms with Gasteiger partial charge in [-0.25, -0.2) is 9.59 Å². The molecule has 0 aromatic heterocycles. The molecule has 3 fully saturated rings. The summed E-state index contributed by atoms with van der Waals surface area (Å²) in [5, 5.41) is 59.6. The number of ether oxygens (including phenoxy) is 6. The normalized spacial score (nSPS) is 49.3. The van der Waals surface area contributed by atoms with Crippen molar-refractivity contribution in [3.63, 3.8) is 0 Å². The molecule has 172 valence electrons. The van der Waals surface area contributed by atoms with Crippen molar-refractivity contribution < 1.29 is 68.6 Å². The first kappa shape index (κ1) is 23.2. The molecule has 30 heavy (non-hydrogen) atoms. The van der Waals surface area contributed by atoms with Crippen LogP contribution in [0.2, 0.25) is 0 Å². The van der Waals surface area contributed by atoms with Gasteiger partial charge >= 0.3 is 11.9 Å². The Bertz CT molecular complexity index is 656. The van der Waals surface area contributed by atoms with Crippen LogP contribution in [0.3, 0.4) is 0 Å². The minimum atomic E-state index is -2.07. The molecule has 14 heteroatoms. The predicted octanol–water partition coefficient (Wildman–Crippen LogP) is -3.79. The highest BCUT2D eigenvalue weighted by atomic mass is 16.8. The summed E-state index contributed by atoms with van der Waals surface area (Å²) in [6.07, 6.45) is -16.0. The van der Waals surface area contributed by atoms with Crippen molar-refractivity contribution in [2.24, 2.45) is 0 Å². The predicted molar refractivity (Wildman–Crippen MR) is 87.7 cm³/mol. The fraction of sp³-hybridized carbons (Fsp3) is 0.875. The highest BCUT2D eigenvalue weighted by molar-refractivity contribution is 5.75. The van der Waals surface area contributed by atoms with Crippen molar-refractivity contribution >= 4 is 11.9 Å². The minimum absolute atomic E-state index is 0.350. The highest BCUT2D eigenvalue weighted by Crippen LogP contribution is 2.35. The maximum absolute atomic E-state index is 11.5. The largest absolute Gasteiger partial charge is 0.479 e. The number of carboxylic acid groups (broad SMARTS) is 2. The molecule has 11 atom stereocenters. The molecule has 0 bridgehead atoms. The van der Waals surface area contributed by atoms with Gasteiger partial charge in [0.15, 0.2) is 18.7 Å². The molecule has 0 aromatic carbocycles. The van der Waals surface area contributed by atoms with E-state index < -0.39 is 79.1 Å². The van der Waals surface area contributed by atoms with E-state index in [4.69, 9.17) is 28.4 Å². The van der Waals surface area contributed by atoms with Crippen LogP contribution in [-0.2, 0) is 38.0 Å². The van der Waals surface area contributed by atoms with Crippen LogP contribution >= 0.6 is 0 Å². The molecule has 14 nitrogen and oxygen atoms in total. The number of carboxylic acids is 2. The Kier molecular flexibility index (Phi) is 6.64. The van der Waals surface area contributed by atoms with Gasteiger partial charge < -0.3 is 59.1 Å². The molecule has 3 rings (SSSR count). The Labute approximate surface area is 169 Å². The van der Waals surface area contributed by atoms with Crippen LogP contribution in [0.4, 0.5) is 0 Å². The monoisotopic (exact) mass is 440 g/mol. The molecule has 0 spiro atoms. The number of fused-ring (bicyclic) bond motifs is 1. The molecule has 0 radical (unpaired) electrons. The summed E-state index contributed by atoms with van der Waals surface area (Å²) in [6, 6.07) is 0. The number of methoxy groups -OCH3 is 1. The van der Waals surface area contributed by atoms with Crippen LogP contribution < -0.4 is 0 Å². The maximum atomic E-state index is 11.5. The molecule has 3 saturated heterocycles. The topological polar surface area (TPSA) is 211 Å². The van der Waals surface area contributed by atoms with Crippen LogP contribution in [0.5, 0.6) is 0 Å². The summed E-state index contributed by atoms with van der Waals surface area (Å²) in [4.78, 5) is 22.8. The van der Waals surface area contributed by atoms with E-state index >= 15 is 0 Å². The number of hydrogen-bond acceptors (Lipinski definition) is 12. The van der Waals surface area contributed by atoms with E-state index in [0.717, 1.165) is 14.0 Å². The standard InChI is InChI=1S/C16H24O14/c1-16(15(23)24)26-3-4-9(30-16)5(17)8(20)14(27-4)28-10-6(18)7(19)13(25-2)29-11(10)12(21)22/h4-11,13-14,17-20H,3H2,1-2H3,(H,21,22)(H,23,24)/t4?,5-,6-,7?,8?,9+,10-,11?,13+,14-,16?/m0/s1. The average Bonchev–Trinajstić information content (AvgIpc) is 2.69. The number of rotatable bonds is 5. The summed E-state index contributed by atoms with van der Waals surface area (Å²) in [6.45, 7) is 0.769. The summed E-state index contributed by atoms with van der Waals surface area (Å²) < 4.78 is 31.1. The Balaban J connectivity index is 1.76. The van der Waals surface area contributed by atoms with E-state index in [1.54, 1.807) is 0 Å². The molecule has 3 aliphatic rings. The van der Waals surface area contributed by atoms with Gasteiger partial charge in [0.1, 0.15) is 42.7 Å². The zero-order valence-corrected chi connectivity index (χ0v) is 15.9. The van der Waals surface area contributed by atoms with E-state index in [2.05, 4.69) is 0 Å². The third-order valence-corrected chi connectivity index (χ3v) is 5.22. The van der Waals surface area contributed by atoms with Crippen molar-refractivity contribution in [2.45, 2.75) is 74.1 Å². The summed E-state index contributed by atoms with van der Waals surface area (Å²) >= 11 is 0. The first-order valence-electron chi connectivity index (χ1n) is 8.99. The SMILES string of the molecule is CO[C@@H]1OC(C(=O)O)[C@@H](O[C@@H]2OC3COC(C)(C(=O)O)O[C@H]3[C@@H](O)C2O)[C@@H](O)C1O. The van der Waals surface area contributed by atoms with Gasteiger partial charge in [-0.05, 0) is 0 Å². The van der Waals surface area contributed by atoms with Crippen molar-refractivity contribution in [3.05, 3.63) is 0 Å². The Morgan fingerprint density at radius 3 is 2.17 bits per heavy atom. The number of aliphatic hydroxyl groups is 4. The zero-order valence-electron chi connectivity index (χ0n) is 15.9. The van der Waals surface area contributed by atoms with Crippen LogP contribution in [0.1, 0.15) is 6.92 Å². The molecule has 0 saturated carbocycles. The van der Waals surface area contributed by atoms with E-state index in [9.17, 15) is 40.2 Å². The van der Waals surface area contributed by atoms with E-state index in [1.807, 2.05) is 0 Å². The van der Waals surface area contributed by atoms with E-state index in [0.29, 0.717) is 0 Å². The molecule has 6 N–H and O–H groups in total. The Morgan fingerprint density at radius 2 is 1.60 bits per heavy atom. The summed E-state index contributed by atoms with van der Waals surface area (Å²) in [5.74, 6) is -5.06. The second-order valence-electron chi connectivity index (χ2n) is 7.25. The Morgan fingerprint density at radius 1 is 0.967 bits per heavy atom. The van der Waals surface area contributed by atoms with Crippen molar-refractivity contribution in [3.8, 4) is 0 Å². The highest BCUT2D eigenvalue weighted by Gasteiger charge is 2.56. The van der Waals surface area contributed by atoms with Gasteiger partial charge in [0.25, 0.3) is 5.79 Å². The number of hydrogen-bond donors (Lipinski definition) is 6. The molecular weight excluding hydrogens is 416 g/mol. The smallest absolute Gasteiger partial charge is 0.364 e. The molecular formula is C16H24O14. The fourth-order valence-electron chi connectivity index (χ4n) is 3.48. The Hall–Kier alpha value is -1.46. The molecule has 0 aromatic rings. The lowest BCUT2D eigenvalue weighted by Gasteiger charge is -2.49. The second-order valence-corrected chi connectivity index (χ2v) is 7.25. The van der Waals surface area contributed by atoms with Gasteiger partial charge in [-0.3, -0.25) is 0 Å². The lowest BCUT2D eigenvalue weighted by Crippen LogP contribution is -2.68. The maximum Gasteiger partial charge on any atom is 0.364 e. The quantitative estimate of drug-likeness (QED) is 0.242. The zero-order chi connectivity index (χ0) is 22.4.